The van der Waals surface area contributed by atoms with Crippen molar-refractivity contribution in [2.45, 2.75) is 6.54 Å². The normalized spacial score (nSPS) is 21.1. The highest BCUT2D eigenvalue weighted by Gasteiger charge is 2.16. The maximum absolute atomic E-state index is 14.0. The van der Waals surface area contributed by atoms with Crippen LogP contribution in [0, 0.1) is 5.82 Å². The van der Waals surface area contributed by atoms with Gasteiger partial charge in [0, 0.05) is 45.8 Å². The number of hydrogen-bond donors (Lipinski definition) is 1. The first-order chi connectivity index (χ1) is 9.83. The topological polar surface area (TPSA) is 27.7 Å². The SMILES string of the molecule is Fc1ccc(CN2CCOCC2)cc1N1CCNCC1. The lowest BCUT2D eigenvalue weighted by atomic mass is 10.1. The van der Waals surface area contributed by atoms with E-state index in [9.17, 15) is 4.39 Å². The summed E-state index contributed by atoms with van der Waals surface area (Å²) in [6.45, 7) is 7.98. The lowest BCUT2D eigenvalue weighted by molar-refractivity contribution is 0.0342. The molecule has 3 rings (SSSR count). The maximum Gasteiger partial charge on any atom is 0.146 e. The summed E-state index contributed by atoms with van der Waals surface area (Å²) in [5, 5.41) is 3.30. The number of halogens is 1. The van der Waals surface area contributed by atoms with Gasteiger partial charge in [-0.1, -0.05) is 6.07 Å². The standard InChI is InChI=1S/C15H22FN3O/c16-14-2-1-13(12-18-7-9-20-10-8-18)11-15(14)19-5-3-17-4-6-19/h1-2,11,17H,3-10,12H2. The van der Waals surface area contributed by atoms with Gasteiger partial charge in [-0.25, -0.2) is 4.39 Å². The Morgan fingerprint density at radius 1 is 1.10 bits per heavy atom. The van der Waals surface area contributed by atoms with Gasteiger partial charge in [0.25, 0.3) is 0 Å². The van der Waals surface area contributed by atoms with Crippen molar-refractivity contribution in [2.75, 3.05) is 57.4 Å². The molecule has 2 fully saturated rings. The maximum atomic E-state index is 14.0. The second-order valence-corrected chi connectivity index (χ2v) is 5.41. The molecule has 0 unspecified atom stereocenters. The number of anilines is 1. The van der Waals surface area contributed by atoms with E-state index in [0.717, 1.165) is 64.7 Å². The average molecular weight is 279 g/mol. The van der Waals surface area contributed by atoms with Crippen molar-refractivity contribution >= 4 is 5.69 Å². The van der Waals surface area contributed by atoms with Crippen LogP contribution < -0.4 is 10.2 Å². The van der Waals surface area contributed by atoms with Gasteiger partial charge in [0.1, 0.15) is 5.82 Å². The van der Waals surface area contributed by atoms with Crippen LogP contribution in [0.25, 0.3) is 0 Å². The van der Waals surface area contributed by atoms with E-state index in [1.807, 2.05) is 12.1 Å². The highest BCUT2D eigenvalue weighted by atomic mass is 19.1. The van der Waals surface area contributed by atoms with Crippen molar-refractivity contribution in [1.82, 2.24) is 10.2 Å². The molecule has 0 atom stereocenters. The van der Waals surface area contributed by atoms with Crippen LogP contribution in [0.4, 0.5) is 10.1 Å². The summed E-state index contributed by atoms with van der Waals surface area (Å²) in [5.41, 5.74) is 1.93. The molecule has 4 nitrogen and oxygen atoms in total. The summed E-state index contributed by atoms with van der Waals surface area (Å²) in [5.74, 6) is -0.113. The highest BCUT2D eigenvalue weighted by molar-refractivity contribution is 5.50. The molecule has 110 valence electrons. The van der Waals surface area contributed by atoms with Gasteiger partial charge in [0.05, 0.1) is 18.9 Å². The summed E-state index contributed by atoms with van der Waals surface area (Å²) >= 11 is 0. The minimum absolute atomic E-state index is 0.113. The van der Waals surface area contributed by atoms with E-state index in [0.29, 0.717) is 0 Å². The van der Waals surface area contributed by atoms with Crippen LogP contribution in [0.15, 0.2) is 18.2 Å². The van der Waals surface area contributed by atoms with Gasteiger partial charge in [-0.05, 0) is 17.7 Å². The third kappa shape index (κ3) is 3.29. The number of piperazine rings is 1. The van der Waals surface area contributed by atoms with E-state index in [-0.39, 0.29) is 5.82 Å². The van der Waals surface area contributed by atoms with Crippen molar-refractivity contribution in [3.05, 3.63) is 29.6 Å². The van der Waals surface area contributed by atoms with E-state index < -0.39 is 0 Å². The zero-order valence-corrected chi connectivity index (χ0v) is 11.8. The van der Waals surface area contributed by atoms with Gasteiger partial charge in [-0.2, -0.15) is 0 Å². The second kappa shape index (κ2) is 6.52. The predicted octanol–water partition coefficient (Wildman–Crippen LogP) is 1.07. The first-order valence-electron chi connectivity index (χ1n) is 7.37. The van der Waals surface area contributed by atoms with Crippen molar-refractivity contribution in [3.8, 4) is 0 Å². The fourth-order valence-electron chi connectivity index (χ4n) is 2.82. The quantitative estimate of drug-likeness (QED) is 0.896. The fraction of sp³-hybridized carbons (Fsp3) is 0.600. The summed E-state index contributed by atoms with van der Waals surface area (Å²) in [6, 6.07) is 5.51. The van der Waals surface area contributed by atoms with Crippen LogP contribution in [0.3, 0.4) is 0 Å². The molecule has 0 radical (unpaired) electrons. The Balaban J connectivity index is 1.71. The zero-order chi connectivity index (χ0) is 13.8. The fourth-order valence-corrected chi connectivity index (χ4v) is 2.82. The third-order valence-corrected chi connectivity index (χ3v) is 3.98. The molecule has 0 amide bonds. The van der Waals surface area contributed by atoms with Gasteiger partial charge in [0.2, 0.25) is 0 Å². The Bertz CT molecular complexity index is 443. The van der Waals surface area contributed by atoms with Gasteiger partial charge < -0.3 is 15.0 Å². The van der Waals surface area contributed by atoms with Gasteiger partial charge in [-0.15, -0.1) is 0 Å². The molecular weight excluding hydrogens is 257 g/mol. The second-order valence-electron chi connectivity index (χ2n) is 5.41. The van der Waals surface area contributed by atoms with E-state index >= 15 is 0 Å². The number of morpholine rings is 1. The van der Waals surface area contributed by atoms with Crippen LogP contribution in [0.2, 0.25) is 0 Å². The minimum atomic E-state index is -0.113. The van der Waals surface area contributed by atoms with Crippen LogP contribution in [0.1, 0.15) is 5.56 Å². The Morgan fingerprint density at radius 3 is 2.60 bits per heavy atom. The van der Waals surface area contributed by atoms with E-state index in [1.165, 1.54) is 5.56 Å². The van der Waals surface area contributed by atoms with Crippen molar-refractivity contribution < 1.29 is 9.13 Å². The van der Waals surface area contributed by atoms with Crippen LogP contribution in [0.5, 0.6) is 0 Å². The molecule has 0 spiro atoms. The summed E-state index contributed by atoms with van der Waals surface area (Å²) < 4.78 is 19.4. The molecule has 0 saturated carbocycles. The minimum Gasteiger partial charge on any atom is -0.379 e. The number of nitrogens with one attached hydrogen (secondary N) is 1. The Morgan fingerprint density at radius 2 is 1.85 bits per heavy atom. The molecular formula is C15H22FN3O. The van der Waals surface area contributed by atoms with Crippen LogP contribution in [-0.4, -0.2) is 57.4 Å². The number of benzene rings is 1. The number of rotatable bonds is 3. The molecule has 20 heavy (non-hydrogen) atoms. The molecule has 1 aromatic carbocycles. The van der Waals surface area contributed by atoms with Gasteiger partial charge in [0.15, 0.2) is 0 Å². The predicted molar refractivity (Wildman–Crippen MR) is 77.6 cm³/mol. The third-order valence-electron chi connectivity index (χ3n) is 3.98. The first kappa shape index (κ1) is 13.8. The lowest BCUT2D eigenvalue weighted by Gasteiger charge is -2.31. The average Bonchev–Trinajstić information content (AvgIpc) is 2.51. The Labute approximate surface area is 119 Å². The van der Waals surface area contributed by atoms with Gasteiger partial charge >= 0.3 is 0 Å². The zero-order valence-electron chi connectivity index (χ0n) is 11.8. The van der Waals surface area contributed by atoms with E-state index in [4.69, 9.17) is 4.74 Å². The number of nitrogens with zero attached hydrogens (tertiary/aromatic N) is 2. The van der Waals surface area contributed by atoms with E-state index in [2.05, 4.69) is 15.1 Å². The molecule has 1 aromatic rings. The number of ether oxygens (including phenoxy) is 1. The molecule has 2 heterocycles. The molecule has 2 saturated heterocycles. The van der Waals surface area contributed by atoms with E-state index in [1.54, 1.807) is 6.07 Å². The highest BCUT2D eigenvalue weighted by Crippen LogP contribution is 2.22. The van der Waals surface area contributed by atoms with Gasteiger partial charge in [-0.3, -0.25) is 4.90 Å². The smallest absolute Gasteiger partial charge is 0.146 e. The molecule has 1 N–H and O–H groups in total. The largest absolute Gasteiger partial charge is 0.379 e. The van der Waals surface area contributed by atoms with Crippen molar-refractivity contribution in [3.63, 3.8) is 0 Å². The van der Waals surface area contributed by atoms with Crippen LogP contribution >= 0.6 is 0 Å². The molecule has 2 aliphatic heterocycles. The van der Waals surface area contributed by atoms with Crippen molar-refractivity contribution in [2.24, 2.45) is 0 Å². The molecule has 5 heteroatoms. The summed E-state index contributed by atoms with van der Waals surface area (Å²) in [7, 11) is 0. The molecule has 2 aliphatic rings. The Kier molecular flexibility index (Phi) is 4.50. The van der Waals surface area contributed by atoms with Crippen LogP contribution in [-0.2, 0) is 11.3 Å². The Hall–Kier alpha value is -1.17. The number of hydrogen-bond acceptors (Lipinski definition) is 4. The first-order valence-corrected chi connectivity index (χ1v) is 7.37. The van der Waals surface area contributed by atoms with Crippen molar-refractivity contribution in [1.29, 1.82) is 0 Å². The summed E-state index contributed by atoms with van der Waals surface area (Å²) in [6.07, 6.45) is 0. The lowest BCUT2D eigenvalue weighted by Crippen LogP contribution is -2.44. The molecule has 0 bridgehead atoms. The molecule has 0 aromatic heterocycles. The monoisotopic (exact) mass is 279 g/mol. The molecule has 0 aliphatic carbocycles. The summed E-state index contributed by atoms with van der Waals surface area (Å²) in [4.78, 5) is 4.49.